The summed E-state index contributed by atoms with van der Waals surface area (Å²) in [5.41, 5.74) is 0.191. The molecular weight excluding hydrogens is 270 g/mol. The van der Waals surface area contributed by atoms with Gasteiger partial charge in [-0.15, -0.1) is 0 Å². The Morgan fingerprint density at radius 3 is 2.47 bits per heavy atom. The van der Waals surface area contributed by atoms with E-state index in [9.17, 15) is 13.2 Å². The molecule has 0 unspecified atom stereocenters. The molecule has 7 heteroatoms. The van der Waals surface area contributed by atoms with Crippen molar-refractivity contribution in [2.24, 2.45) is 0 Å². The molecule has 1 aliphatic rings. The maximum Gasteiger partial charge on any atom is 0.335 e. The first-order valence-electron chi connectivity index (χ1n) is 5.81. The van der Waals surface area contributed by atoms with Crippen molar-refractivity contribution in [2.75, 3.05) is 19.3 Å². The highest BCUT2D eigenvalue weighted by Gasteiger charge is 2.29. The zero-order valence-corrected chi connectivity index (χ0v) is 11.3. The molecule has 0 bridgehead atoms. The fraction of sp³-hybridized carbons (Fsp3) is 0.417. The van der Waals surface area contributed by atoms with Gasteiger partial charge in [-0.3, -0.25) is 0 Å². The van der Waals surface area contributed by atoms with Crippen LogP contribution in [0.25, 0.3) is 0 Å². The third-order valence-electron chi connectivity index (χ3n) is 2.98. The number of hydrogen-bond donors (Lipinski definition) is 1. The van der Waals surface area contributed by atoms with Crippen LogP contribution in [0.5, 0.6) is 5.75 Å². The quantitative estimate of drug-likeness (QED) is 0.884. The molecule has 0 saturated carbocycles. The van der Waals surface area contributed by atoms with Crippen molar-refractivity contribution < 1.29 is 23.1 Å². The Balaban J connectivity index is 1.98. The zero-order chi connectivity index (χ0) is 14.0. The SMILES string of the molecule is CS(=O)(=O)N1CC[C@H](Oc2ccc(C(=O)O)cc2)C1. The summed E-state index contributed by atoms with van der Waals surface area (Å²) in [5.74, 6) is -0.444. The smallest absolute Gasteiger partial charge is 0.335 e. The highest BCUT2D eigenvalue weighted by molar-refractivity contribution is 7.88. The van der Waals surface area contributed by atoms with Gasteiger partial charge < -0.3 is 9.84 Å². The predicted molar refractivity (Wildman–Crippen MR) is 68.9 cm³/mol. The van der Waals surface area contributed by atoms with E-state index in [0.717, 1.165) is 0 Å². The van der Waals surface area contributed by atoms with Crippen LogP contribution in [0.3, 0.4) is 0 Å². The van der Waals surface area contributed by atoms with Crippen LogP contribution in [0.15, 0.2) is 24.3 Å². The Morgan fingerprint density at radius 1 is 1.37 bits per heavy atom. The Bertz CT molecular complexity index is 566. The molecule has 1 aromatic rings. The molecule has 0 radical (unpaired) electrons. The summed E-state index contributed by atoms with van der Waals surface area (Å²) < 4.78 is 29.7. The highest BCUT2D eigenvalue weighted by Crippen LogP contribution is 2.20. The molecule has 1 aliphatic heterocycles. The molecule has 2 rings (SSSR count). The number of carboxylic acid groups (broad SMARTS) is 1. The van der Waals surface area contributed by atoms with Crippen LogP contribution in [-0.2, 0) is 10.0 Å². The number of benzene rings is 1. The Kier molecular flexibility index (Phi) is 3.77. The number of carboxylic acids is 1. The van der Waals surface area contributed by atoms with Crippen molar-refractivity contribution in [1.82, 2.24) is 4.31 Å². The van der Waals surface area contributed by atoms with Crippen LogP contribution in [0, 0.1) is 0 Å². The van der Waals surface area contributed by atoms with E-state index >= 15 is 0 Å². The number of rotatable bonds is 4. The number of nitrogens with zero attached hydrogens (tertiary/aromatic N) is 1. The second-order valence-corrected chi connectivity index (χ2v) is 6.46. The van der Waals surface area contributed by atoms with Gasteiger partial charge in [-0.1, -0.05) is 0 Å². The minimum atomic E-state index is -3.17. The molecule has 104 valence electrons. The van der Waals surface area contributed by atoms with Gasteiger partial charge in [0, 0.05) is 6.54 Å². The number of hydrogen-bond acceptors (Lipinski definition) is 4. The van der Waals surface area contributed by atoms with Crippen molar-refractivity contribution in [3.8, 4) is 5.75 Å². The average molecular weight is 285 g/mol. The summed E-state index contributed by atoms with van der Waals surface area (Å²) in [5, 5.41) is 8.77. The van der Waals surface area contributed by atoms with E-state index in [1.165, 1.54) is 22.7 Å². The maximum atomic E-state index is 11.4. The maximum absolute atomic E-state index is 11.4. The molecule has 0 aliphatic carbocycles. The lowest BCUT2D eigenvalue weighted by Crippen LogP contribution is -2.29. The van der Waals surface area contributed by atoms with Gasteiger partial charge >= 0.3 is 5.97 Å². The Labute approximate surface area is 111 Å². The first-order chi connectivity index (χ1) is 8.86. The van der Waals surface area contributed by atoms with Crippen molar-refractivity contribution >= 4 is 16.0 Å². The fourth-order valence-corrected chi connectivity index (χ4v) is 2.84. The van der Waals surface area contributed by atoms with Gasteiger partial charge in [0.25, 0.3) is 0 Å². The van der Waals surface area contributed by atoms with Crippen molar-refractivity contribution in [3.05, 3.63) is 29.8 Å². The topological polar surface area (TPSA) is 83.9 Å². The molecule has 6 nitrogen and oxygen atoms in total. The minimum absolute atomic E-state index is 0.189. The first-order valence-corrected chi connectivity index (χ1v) is 7.66. The largest absolute Gasteiger partial charge is 0.489 e. The van der Waals surface area contributed by atoms with E-state index in [-0.39, 0.29) is 11.7 Å². The molecule has 19 heavy (non-hydrogen) atoms. The molecule has 1 atom stereocenters. The van der Waals surface area contributed by atoms with E-state index in [0.29, 0.717) is 25.3 Å². The van der Waals surface area contributed by atoms with Crippen LogP contribution in [0.2, 0.25) is 0 Å². The van der Waals surface area contributed by atoms with Crippen LogP contribution in [0.4, 0.5) is 0 Å². The molecule has 1 fully saturated rings. The summed E-state index contributed by atoms with van der Waals surface area (Å²) in [4.78, 5) is 10.7. The van der Waals surface area contributed by atoms with Crippen molar-refractivity contribution in [1.29, 1.82) is 0 Å². The van der Waals surface area contributed by atoms with Crippen LogP contribution >= 0.6 is 0 Å². The predicted octanol–water partition coefficient (Wildman–Crippen LogP) is 0.797. The summed E-state index contributed by atoms with van der Waals surface area (Å²) in [7, 11) is -3.17. The molecule has 1 heterocycles. The number of aromatic carboxylic acids is 1. The molecule has 0 aromatic heterocycles. The third-order valence-corrected chi connectivity index (χ3v) is 4.25. The second-order valence-electron chi connectivity index (χ2n) is 4.48. The van der Waals surface area contributed by atoms with Gasteiger partial charge in [0.15, 0.2) is 0 Å². The molecule has 0 amide bonds. The van der Waals surface area contributed by atoms with Crippen LogP contribution in [0.1, 0.15) is 16.8 Å². The van der Waals surface area contributed by atoms with Gasteiger partial charge in [0.1, 0.15) is 11.9 Å². The normalized spacial score (nSPS) is 20.4. The first kappa shape index (κ1) is 13.8. The summed E-state index contributed by atoms with van der Waals surface area (Å²) in [6.45, 7) is 0.788. The van der Waals surface area contributed by atoms with Crippen LogP contribution in [-0.4, -0.2) is 49.2 Å². The van der Waals surface area contributed by atoms with E-state index in [1.807, 2.05) is 0 Å². The van der Waals surface area contributed by atoms with Crippen LogP contribution < -0.4 is 4.74 Å². The lowest BCUT2D eigenvalue weighted by molar-refractivity contribution is 0.0697. The fourth-order valence-electron chi connectivity index (χ4n) is 1.96. The lowest BCUT2D eigenvalue weighted by Gasteiger charge is -2.15. The van der Waals surface area contributed by atoms with E-state index in [1.54, 1.807) is 12.1 Å². The van der Waals surface area contributed by atoms with Gasteiger partial charge in [0.05, 0.1) is 18.4 Å². The summed E-state index contributed by atoms with van der Waals surface area (Å²) in [6, 6.07) is 6.07. The minimum Gasteiger partial charge on any atom is -0.489 e. The number of sulfonamides is 1. The lowest BCUT2D eigenvalue weighted by atomic mass is 10.2. The van der Waals surface area contributed by atoms with Crippen molar-refractivity contribution in [2.45, 2.75) is 12.5 Å². The monoisotopic (exact) mass is 285 g/mol. The second kappa shape index (κ2) is 5.18. The van der Waals surface area contributed by atoms with Gasteiger partial charge in [-0.05, 0) is 30.7 Å². The molecule has 1 aromatic carbocycles. The standard InChI is InChI=1S/C12H15NO5S/c1-19(16,17)13-7-6-11(8-13)18-10-4-2-9(3-5-10)12(14)15/h2-5,11H,6-8H2,1H3,(H,14,15)/t11-/m0/s1. The van der Waals surface area contributed by atoms with Gasteiger partial charge in [0.2, 0.25) is 10.0 Å². The zero-order valence-electron chi connectivity index (χ0n) is 10.4. The number of ether oxygens (including phenoxy) is 1. The van der Waals surface area contributed by atoms with E-state index in [4.69, 9.17) is 9.84 Å². The van der Waals surface area contributed by atoms with Crippen molar-refractivity contribution in [3.63, 3.8) is 0 Å². The Morgan fingerprint density at radius 2 is 2.00 bits per heavy atom. The van der Waals surface area contributed by atoms with E-state index in [2.05, 4.69) is 0 Å². The van der Waals surface area contributed by atoms with E-state index < -0.39 is 16.0 Å². The molecule has 1 saturated heterocycles. The summed E-state index contributed by atoms with van der Waals surface area (Å²) in [6.07, 6.45) is 1.62. The van der Waals surface area contributed by atoms with Gasteiger partial charge in [-0.25, -0.2) is 13.2 Å². The Hall–Kier alpha value is -1.60. The number of carbonyl (C=O) groups is 1. The summed E-state index contributed by atoms with van der Waals surface area (Å²) >= 11 is 0. The molecule has 0 spiro atoms. The molecular formula is C12H15NO5S. The highest BCUT2D eigenvalue weighted by atomic mass is 32.2. The molecule has 1 N–H and O–H groups in total. The van der Waals surface area contributed by atoms with Gasteiger partial charge in [-0.2, -0.15) is 4.31 Å². The third kappa shape index (κ3) is 3.45. The average Bonchev–Trinajstić information content (AvgIpc) is 2.78.